The van der Waals surface area contributed by atoms with Crippen LogP contribution < -0.4 is 5.32 Å². The standard InChI is InChI=1S/C26H28N6O/c33-32-14-2-4-24(32)26-29-16-23(31-26)20-11-7-18(8-12-20)17-5-9-19(10-6-17)22-15-28-25(30-22)21-3-1-13-27-21/h5-12,15-16,21,24,27,33H,1-4,13-14H2,(H,28,30)(H,29,31)/t21-,24-/m0/s1. The Hall–Kier alpha value is -3.26. The number of imidazole rings is 2. The molecule has 0 spiro atoms. The first-order valence-electron chi connectivity index (χ1n) is 11.7. The van der Waals surface area contributed by atoms with E-state index in [-0.39, 0.29) is 6.04 Å². The summed E-state index contributed by atoms with van der Waals surface area (Å²) in [6.45, 7) is 1.77. The second-order valence-electron chi connectivity index (χ2n) is 8.99. The van der Waals surface area contributed by atoms with Gasteiger partial charge in [-0.25, -0.2) is 9.97 Å². The van der Waals surface area contributed by atoms with Gasteiger partial charge in [-0.1, -0.05) is 48.5 Å². The van der Waals surface area contributed by atoms with E-state index in [4.69, 9.17) is 0 Å². The Morgan fingerprint density at radius 1 is 0.727 bits per heavy atom. The largest absolute Gasteiger partial charge is 0.341 e. The summed E-state index contributed by atoms with van der Waals surface area (Å²) in [5.41, 5.74) is 6.60. The van der Waals surface area contributed by atoms with Gasteiger partial charge in [0.1, 0.15) is 11.6 Å². The molecule has 0 unspecified atom stereocenters. The smallest absolute Gasteiger partial charge is 0.126 e. The molecule has 0 aliphatic carbocycles. The molecule has 2 aromatic carbocycles. The van der Waals surface area contributed by atoms with Gasteiger partial charge < -0.3 is 20.5 Å². The van der Waals surface area contributed by atoms with Crippen LogP contribution in [0.3, 0.4) is 0 Å². The molecule has 2 saturated heterocycles. The van der Waals surface area contributed by atoms with E-state index in [1.807, 2.05) is 12.4 Å². The summed E-state index contributed by atoms with van der Waals surface area (Å²) >= 11 is 0. The zero-order valence-corrected chi connectivity index (χ0v) is 18.5. The molecule has 0 bridgehead atoms. The topological polar surface area (TPSA) is 92.9 Å². The van der Waals surface area contributed by atoms with Crippen molar-refractivity contribution in [3.05, 3.63) is 72.6 Å². The molecule has 2 aliphatic heterocycles. The van der Waals surface area contributed by atoms with Crippen LogP contribution in [0.1, 0.15) is 49.4 Å². The third kappa shape index (κ3) is 3.99. The van der Waals surface area contributed by atoms with E-state index in [1.54, 1.807) is 0 Å². The number of rotatable bonds is 5. The van der Waals surface area contributed by atoms with Crippen LogP contribution in [0.15, 0.2) is 60.9 Å². The van der Waals surface area contributed by atoms with Crippen LogP contribution in [0.25, 0.3) is 33.6 Å². The summed E-state index contributed by atoms with van der Waals surface area (Å²) in [7, 11) is 0. The van der Waals surface area contributed by atoms with Crippen molar-refractivity contribution < 1.29 is 5.21 Å². The van der Waals surface area contributed by atoms with Crippen molar-refractivity contribution in [1.82, 2.24) is 30.3 Å². The first-order valence-corrected chi connectivity index (χ1v) is 11.7. The number of hydrogen-bond donors (Lipinski definition) is 4. The minimum atomic E-state index is -0.0306. The molecule has 168 valence electrons. The number of nitrogens with one attached hydrogen (secondary N) is 3. The van der Waals surface area contributed by atoms with E-state index in [2.05, 4.69) is 73.8 Å². The molecule has 6 rings (SSSR count). The maximum atomic E-state index is 9.99. The molecule has 0 amide bonds. The van der Waals surface area contributed by atoms with Crippen LogP contribution in [-0.4, -0.2) is 43.3 Å². The molecule has 0 saturated carbocycles. The molecular weight excluding hydrogens is 412 g/mol. The highest BCUT2D eigenvalue weighted by Gasteiger charge is 2.27. The first-order chi connectivity index (χ1) is 16.2. The SMILES string of the molecule is ON1CCC[C@H]1c1ncc(-c2ccc(-c3ccc(-c4cnc([C@@H]5CCCN5)[nH]4)cc3)cc2)[nH]1. The van der Waals surface area contributed by atoms with E-state index < -0.39 is 0 Å². The Morgan fingerprint density at radius 3 is 1.85 bits per heavy atom. The number of nitrogens with zero attached hydrogens (tertiary/aromatic N) is 3. The summed E-state index contributed by atoms with van der Waals surface area (Å²) in [5, 5.41) is 14.9. The van der Waals surface area contributed by atoms with Crippen molar-refractivity contribution in [2.45, 2.75) is 37.8 Å². The van der Waals surface area contributed by atoms with Gasteiger partial charge in [-0.15, -0.1) is 0 Å². The summed E-state index contributed by atoms with van der Waals surface area (Å²) in [6.07, 6.45) is 8.05. The average Bonchev–Trinajstić information content (AvgIpc) is 3.66. The minimum Gasteiger partial charge on any atom is -0.341 e. The minimum absolute atomic E-state index is 0.0306. The van der Waals surface area contributed by atoms with Crippen molar-refractivity contribution >= 4 is 0 Å². The van der Waals surface area contributed by atoms with Gasteiger partial charge in [0.15, 0.2) is 0 Å². The van der Waals surface area contributed by atoms with Crippen molar-refractivity contribution in [3.63, 3.8) is 0 Å². The Kier molecular flexibility index (Phi) is 5.30. The highest BCUT2D eigenvalue weighted by Crippen LogP contribution is 2.31. The lowest BCUT2D eigenvalue weighted by molar-refractivity contribution is -0.106. The van der Waals surface area contributed by atoms with Crippen molar-refractivity contribution in [1.29, 1.82) is 0 Å². The Labute approximate surface area is 192 Å². The number of aromatic amines is 2. The van der Waals surface area contributed by atoms with Gasteiger partial charge >= 0.3 is 0 Å². The van der Waals surface area contributed by atoms with Gasteiger partial charge in [-0.3, -0.25) is 0 Å². The quantitative estimate of drug-likeness (QED) is 0.347. The highest BCUT2D eigenvalue weighted by atomic mass is 16.5. The Morgan fingerprint density at radius 2 is 1.30 bits per heavy atom. The van der Waals surface area contributed by atoms with E-state index in [0.717, 1.165) is 60.0 Å². The maximum absolute atomic E-state index is 9.99. The number of hydrogen-bond acceptors (Lipinski definition) is 5. The fraction of sp³-hybridized carbons (Fsp3) is 0.308. The second kappa shape index (κ2) is 8.59. The molecule has 7 nitrogen and oxygen atoms in total. The third-order valence-electron chi connectivity index (χ3n) is 6.85. The van der Waals surface area contributed by atoms with Gasteiger partial charge in [0.25, 0.3) is 0 Å². The van der Waals surface area contributed by atoms with Gasteiger partial charge in [0, 0.05) is 6.54 Å². The molecule has 4 heterocycles. The van der Waals surface area contributed by atoms with Crippen LogP contribution >= 0.6 is 0 Å². The second-order valence-corrected chi connectivity index (χ2v) is 8.99. The summed E-state index contributed by atoms with van der Waals surface area (Å²) in [4.78, 5) is 15.9. The van der Waals surface area contributed by atoms with E-state index >= 15 is 0 Å². The number of benzene rings is 2. The number of hydroxylamine groups is 2. The van der Waals surface area contributed by atoms with Gasteiger partial charge in [0.2, 0.25) is 0 Å². The predicted octanol–water partition coefficient (Wildman–Crippen LogP) is 5.08. The number of aromatic nitrogens is 4. The molecule has 2 fully saturated rings. The van der Waals surface area contributed by atoms with Crippen molar-refractivity contribution in [2.75, 3.05) is 13.1 Å². The molecular formula is C26H28N6O. The molecule has 33 heavy (non-hydrogen) atoms. The van der Waals surface area contributed by atoms with E-state index in [9.17, 15) is 5.21 Å². The summed E-state index contributed by atoms with van der Waals surface area (Å²) in [5.74, 6) is 1.86. The molecule has 4 N–H and O–H groups in total. The lowest BCUT2D eigenvalue weighted by Crippen LogP contribution is -2.19. The van der Waals surface area contributed by atoms with Gasteiger partial charge in [0.05, 0.1) is 35.9 Å². The van der Waals surface area contributed by atoms with Crippen LogP contribution in [0.5, 0.6) is 0 Å². The lowest BCUT2D eigenvalue weighted by atomic mass is 10.0. The van der Waals surface area contributed by atoms with Gasteiger partial charge in [-0.2, -0.15) is 5.06 Å². The molecule has 2 aliphatic rings. The molecule has 0 radical (unpaired) electrons. The normalized spacial score (nSPS) is 21.1. The average molecular weight is 441 g/mol. The fourth-order valence-corrected chi connectivity index (χ4v) is 4.94. The monoisotopic (exact) mass is 440 g/mol. The summed E-state index contributed by atoms with van der Waals surface area (Å²) in [6, 6.07) is 17.4. The Bertz CT molecular complexity index is 1220. The lowest BCUT2D eigenvalue weighted by Gasteiger charge is -2.14. The highest BCUT2D eigenvalue weighted by molar-refractivity contribution is 5.71. The van der Waals surface area contributed by atoms with Crippen molar-refractivity contribution in [2.24, 2.45) is 0 Å². The van der Waals surface area contributed by atoms with Crippen LogP contribution in [-0.2, 0) is 0 Å². The zero-order chi connectivity index (χ0) is 22.2. The molecule has 4 aromatic rings. The van der Waals surface area contributed by atoms with Crippen LogP contribution in [0, 0.1) is 0 Å². The molecule has 2 aromatic heterocycles. The molecule has 7 heteroatoms. The predicted molar refractivity (Wildman–Crippen MR) is 127 cm³/mol. The number of H-pyrrole nitrogens is 2. The Balaban J connectivity index is 1.17. The third-order valence-corrected chi connectivity index (χ3v) is 6.85. The first kappa shape index (κ1) is 20.4. The molecule has 2 atom stereocenters. The van der Waals surface area contributed by atoms with Gasteiger partial charge in [-0.05, 0) is 54.5 Å². The van der Waals surface area contributed by atoms with Crippen LogP contribution in [0.4, 0.5) is 0 Å². The fourth-order valence-electron chi connectivity index (χ4n) is 4.94. The van der Waals surface area contributed by atoms with Crippen LogP contribution in [0.2, 0.25) is 0 Å². The van der Waals surface area contributed by atoms with Crippen molar-refractivity contribution in [3.8, 4) is 33.6 Å². The van der Waals surface area contributed by atoms with E-state index in [0.29, 0.717) is 12.6 Å². The van der Waals surface area contributed by atoms with E-state index in [1.165, 1.54) is 22.6 Å². The zero-order valence-electron chi connectivity index (χ0n) is 18.5. The summed E-state index contributed by atoms with van der Waals surface area (Å²) < 4.78 is 0. The maximum Gasteiger partial charge on any atom is 0.126 e.